The molecule has 1 amide bonds. The van der Waals surface area contributed by atoms with E-state index in [1.165, 1.54) is 16.7 Å². The van der Waals surface area contributed by atoms with Gasteiger partial charge in [-0.3, -0.25) is 4.90 Å². The largest absolute Gasteiger partial charge is 0.449 e. The molecule has 28 heavy (non-hydrogen) atoms. The molecule has 152 valence electrons. The first-order valence-electron chi connectivity index (χ1n) is 8.83. The Hall–Kier alpha value is -2.74. The predicted molar refractivity (Wildman–Crippen MR) is 120 cm³/mol. The minimum atomic E-state index is -0.506. The van der Waals surface area contributed by atoms with Gasteiger partial charge in [-0.25, -0.2) is 14.8 Å². The van der Waals surface area contributed by atoms with Crippen LogP contribution < -0.4 is 15.5 Å². The molecular weight excluding hydrogens is 374 g/mol. The maximum atomic E-state index is 12.8. The van der Waals surface area contributed by atoms with Crippen LogP contribution in [0.5, 0.6) is 0 Å². The van der Waals surface area contributed by atoms with Crippen molar-refractivity contribution in [3.63, 3.8) is 0 Å². The van der Waals surface area contributed by atoms with Crippen molar-refractivity contribution in [2.75, 3.05) is 49.0 Å². The number of amides is 1. The maximum absolute atomic E-state index is 12.8. The highest BCUT2D eigenvalue weighted by Gasteiger charge is 2.25. The van der Waals surface area contributed by atoms with E-state index in [2.05, 4.69) is 40.3 Å². The lowest BCUT2D eigenvalue weighted by Gasteiger charge is -2.25. The lowest BCUT2D eigenvalue weighted by Crippen LogP contribution is -2.35. The number of hydrogen-bond donors (Lipinski definition) is 2. The number of aromatic nitrogens is 2. The first-order chi connectivity index (χ1) is 13.4. The molecule has 1 heterocycles. The topological polar surface area (TPSA) is 79.4 Å². The van der Waals surface area contributed by atoms with E-state index < -0.39 is 6.09 Å². The van der Waals surface area contributed by atoms with E-state index in [-0.39, 0.29) is 13.2 Å². The number of nitrogens with one attached hydrogen (secondary N) is 2. The first-order valence-corrected chi connectivity index (χ1v) is 10.1. The zero-order valence-electron chi connectivity index (χ0n) is 17.0. The fourth-order valence-corrected chi connectivity index (χ4v) is 2.77. The van der Waals surface area contributed by atoms with E-state index in [4.69, 9.17) is 4.74 Å². The minimum Gasteiger partial charge on any atom is -0.449 e. The molecule has 1 aromatic rings. The van der Waals surface area contributed by atoms with Gasteiger partial charge in [0.15, 0.2) is 16.8 Å². The Kier molecular flexibility index (Phi) is 9.87. The SMILES string of the molecule is C=CCC(=C)/C=C(\C=C)CN(C(=O)OCC)c1nc(SC)nc(NC)c1NC. The maximum Gasteiger partial charge on any atom is 0.415 e. The van der Waals surface area contributed by atoms with Crippen LogP contribution in [-0.2, 0) is 4.74 Å². The summed E-state index contributed by atoms with van der Waals surface area (Å²) in [6.45, 7) is 13.8. The van der Waals surface area contributed by atoms with Crippen LogP contribution >= 0.6 is 11.8 Å². The summed E-state index contributed by atoms with van der Waals surface area (Å²) in [6, 6.07) is 0. The molecule has 1 aromatic heterocycles. The summed E-state index contributed by atoms with van der Waals surface area (Å²) in [5.74, 6) is 1.01. The van der Waals surface area contributed by atoms with E-state index in [1.807, 2.05) is 12.3 Å². The number of ether oxygens (including phenoxy) is 1. The van der Waals surface area contributed by atoms with Gasteiger partial charge in [0, 0.05) is 14.1 Å². The van der Waals surface area contributed by atoms with Gasteiger partial charge in [0.2, 0.25) is 0 Å². The average Bonchev–Trinajstić information content (AvgIpc) is 2.70. The molecule has 7 nitrogen and oxygen atoms in total. The second-order valence-electron chi connectivity index (χ2n) is 5.62. The normalized spacial score (nSPS) is 10.8. The number of carbonyl (C=O) groups excluding carboxylic acids is 1. The number of nitrogens with zero attached hydrogens (tertiary/aromatic N) is 3. The summed E-state index contributed by atoms with van der Waals surface area (Å²) in [7, 11) is 3.52. The fourth-order valence-electron chi connectivity index (χ4n) is 2.41. The van der Waals surface area contributed by atoms with Crippen LogP contribution in [0.25, 0.3) is 0 Å². The Morgan fingerprint density at radius 3 is 2.50 bits per heavy atom. The highest BCUT2D eigenvalue weighted by molar-refractivity contribution is 7.98. The highest BCUT2D eigenvalue weighted by atomic mass is 32.2. The quantitative estimate of drug-likeness (QED) is 0.244. The Morgan fingerprint density at radius 1 is 1.29 bits per heavy atom. The number of carbonyl (C=O) groups is 1. The van der Waals surface area contributed by atoms with Gasteiger partial charge in [0.1, 0.15) is 5.69 Å². The summed E-state index contributed by atoms with van der Waals surface area (Å²) >= 11 is 1.39. The molecule has 0 atom stereocenters. The van der Waals surface area contributed by atoms with Crippen LogP contribution in [0.3, 0.4) is 0 Å². The van der Waals surface area contributed by atoms with Gasteiger partial charge in [-0.05, 0) is 25.2 Å². The average molecular weight is 404 g/mol. The summed E-state index contributed by atoms with van der Waals surface area (Å²) in [4.78, 5) is 23.2. The molecule has 0 saturated carbocycles. The van der Waals surface area contributed by atoms with Crippen molar-refractivity contribution in [3.8, 4) is 0 Å². The highest BCUT2D eigenvalue weighted by Crippen LogP contribution is 2.33. The molecule has 0 radical (unpaired) electrons. The second-order valence-corrected chi connectivity index (χ2v) is 6.39. The zero-order valence-corrected chi connectivity index (χ0v) is 17.9. The van der Waals surface area contributed by atoms with Crippen molar-refractivity contribution in [2.24, 2.45) is 0 Å². The number of rotatable bonds is 11. The molecule has 2 N–H and O–H groups in total. The van der Waals surface area contributed by atoms with E-state index in [9.17, 15) is 4.79 Å². The lowest BCUT2D eigenvalue weighted by molar-refractivity contribution is 0.160. The second kappa shape index (κ2) is 11.9. The van der Waals surface area contributed by atoms with Crippen molar-refractivity contribution in [1.29, 1.82) is 0 Å². The lowest BCUT2D eigenvalue weighted by atomic mass is 10.1. The summed E-state index contributed by atoms with van der Waals surface area (Å²) in [5, 5.41) is 6.65. The number of anilines is 3. The molecule has 0 aliphatic carbocycles. The van der Waals surface area contributed by atoms with Crippen LogP contribution in [0.15, 0.2) is 54.3 Å². The Bertz CT molecular complexity index is 761. The van der Waals surface area contributed by atoms with E-state index >= 15 is 0 Å². The fraction of sp³-hybridized carbons (Fsp3) is 0.350. The van der Waals surface area contributed by atoms with Crippen LogP contribution in [0.1, 0.15) is 13.3 Å². The van der Waals surface area contributed by atoms with Gasteiger partial charge < -0.3 is 15.4 Å². The molecule has 0 unspecified atom stereocenters. The van der Waals surface area contributed by atoms with E-state index in [0.29, 0.717) is 28.9 Å². The van der Waals surface area contributed by atoms with Crippen LogP contribution in [-0.4, -0.2) is 49.6 Å². The minimum absolute atomic E-state index is 0.223. The third-order valence-electron chi connectivity index (χ3n) is 3.68. The molecule has 0 saturated heterocycles. The zero-order chi connectivity index (χ0) is 21.1. The van der Waals surface area contributed by atoms with Gasteiger partial charge in [-0.1, -0.05) is 48.7 Å². The molecule has 0 aliphatic heterocycles. The van der Waals surface area contributed by atoms with Gasteiger partial charge in [-0.15, -0.1) is 6.58 Å². The molecule has 0 spiro atoms. The monoisotopic (exact) mass is 403 g/mol. The number of hydrogen-bond acceptors (Lipinski definition) is 7. The summed E-state index contributed by atoms with van der Waals surface area (Å²) in [6.07, 6.45) is 7.36. The Labute approximate surface area is 171 Å². The van der Waals surface area contributed by atoms with Crippen LogP contribution in [0.4, 0.5) is 22.1 Å². The van der Waals surface area contributed by atoms with Crippen molar-refractivity contribution < 1.29 is 9.53 Å². The molecule has 0 aliphatic rings. The van der Waals surface area contributed by atoms with Crippen LogP contribution in [0.2, 0.25) is 0 Å². The number of allylic oxidation sites excluding steroid dienone is 3. The van der Waals surface area contributed by atoms with Crippen molar-refractivity contribution in [2.45, 2.75) is 18.5 Å². The molecule has 0 aromatic carbocycles. The van der Waals surface area contributed by atoms with Crippen molar-refractivity contribution >= 4 is 35.2 Å². The van der Waals surface area contributed by atoms with Crippen molar-refractivity contribution in [3.05, 3.63) is 49.1 Å². The van der Waals surface area contributed by atoms with Crippen LogP contribution in [0, 0.1) is 0 Å². The Morgan fingerprint density at radius 2 is 2.00 bits per heavy atom. The molecule has 0 fully saturated rings. The Balaban J connectivity index is 3.50. The van der Waals surface area contributed by atoms with Gasteiger partial charge in [0.05, 0.1) is 13.2 Å². The molecule has 1 rings (SSSR count). The third kappa shape index (κ3) is 6.16. The first kappa shape index (κ1) is 23.3. The van der Waals surface area contributed by atoms with Gasteiger partial charge in [0.25, 0.3) is 0 Å². The smallest absolute Gasteiger partial charge is 0.415 e. The van der Waals surface area contributed by atoms with Gasteiger partial charge >= 0.3 is 6.09 Å². The van der Waals surface area contributed by atoms with E-state index in [1.54, 1.807) is 33.2 Å². The third-order valence-corrected chi connectivity index (χ3v) is 4.23. The summed E-state index contributed by atoms with van der Waals surface area (Å²) in [5.41, 5.74) is 2.27. The van der Waals surface area contributed by atoms with Gasteiger partial charge in [-0.2, -0.15) is 0 Å². The van der Waals surface area contributed by atoms with Crippen molar-refractivity contribution in [1.82, 2.24) is 9.97 Å². The molecule has 8 heteroatoms. The number of thioether (sulfide) groups is 1. The summed E-state index contributed by atoms with van der Waals surface area (Å²) < 4.78 is 5.27. The predicted octanol–water partition coefficient (Wildman–Crippen LogP) is 4.49. The standard InChI is InChI=1S/C20H29N5O2S/c1-8-11-14(4)12-15(9-2)13-25(20(26)27-10-3)18-16(21-5)17(22-6)23-19(24-18)28-7/h8-9,12,21H,1-2,4,10-11,13H2,3,5-7H3,(H,22,23,24)/b15-12+. The molecular formula is C20H29N5O2S. The molecule has 0 bridgehead atoms. The van der Waals surface area contributed by atoms with E-state index in [0.717, 1.165) is 11.1 Å².